The van der Waals surface area contributed by atoms with Crippen molar-refractivity contribution in [2.45, 2.75) is 25.8 Å². The van der Waals surface area contributed by atoms with Crippen LogP contribution in [0.25, 0.3) is 0 Å². The fourth-order valence-electron chi connectivity index (χ4n) is 2.37. The maximum absolute atomic E-state index is 2.53. The van der Waals surface area contributed by atoms with E-state index in [1.807, 2.05) is 0 Å². The number of rotatable bonds is 2. The molecule has 12 heavy (non-hydrogen) atoms. The quantitative estimate of drug-likeness (QED) is 0.564. The summed E-state index contributed by atoms with van der Waals surface area (Å²) in [5.74, 6) is 0.776. The Balaban J connectivity index is 2.17. The average molecular weight is 163 g/mol. The molecule has 2 heterocycles. The van der Waals surface area contributed by atoms with E-state index in [1.165, 1.54) is 6.42 Å². The molecule has 0 aliphatic carbocycles. The Morgan fingerprint density at radius 3 is 2.33 bits per heavy atom. The molecule has 0 atom stereocenters. The summed E-state index contributed by atoms with van der Waals surface area (Å²) in [5, 5.41) is 0. The molecule has 0 saturated carbocycles. The smallest absolute Gasteiger partial charge is 0.0584 e. The van der Waals surface area contributed by atoms with Crippen LogP contribution in [0.2, 0.25) is 0 Å². The minimum Gasteiger partial charge on any atom is -0.283 e. The Bertz CT molecular complexity index is 209. The van der Waals surface area contributed by atoms with Crippen molar-refractivity contribution < 1.29 is 0 Å². The maximum Gasteiger partial charge on any atom is 0.0584 e. The summed E-state index contributed by atoms with van der Waals surface area (Å²) < 4.78 is 0. The number of hydrogen-bond acceptors (Lipinski definition) is 1. The van der Waals surface area contributed by atoms with Gasteiger partial charge >= 0.3 is 0 Å². The topological polar surface area (TPSA) is 3.24 Å². The number of nitrogens with zero attached hydrogens (tertiary/aromatic N) is 1. The first-order chi connectivity index (χ1) is 5.73. The van der Waals surface area contributed by atoms with E-state index in [4.69, 9.17) is 0 Å². The zero-order chi connectivity index (χ0) is 8.60. The molecule has 0 amide bonds. The molecular formula is C11H17N. The Hall–Kier alpha value is -0.560. The van der Waals surface area contributed by atoms with Crippen molar-refractivity contribution in [3.8, 4) is 0 Å². The molecule has 2 aliphatic rings. The third-order valence-electron chi connectivity index (χ3n) is 2.79. The molecule has 0 aromatic carbocycles. The standard InChI is InChI=1S/C11H17N/c1-10(2)9-11-5-3-7-12(11)8-4-6-11/h3-6,10H,7-9H2,1-2H3. The molecule has 0 radical (unpaired) electrons. The summed E-state index contributed by atoms with van der Waals surface area (Å²) in [4.78, 5) is 2.53. The van der Waals surface area contributed by atoms with Crippen molar-refractivity contribution in [1.29, 1.82) is 0 Å². The molecule has 0 aromatic rings. The van der Waals surface area contributed by atoms with Crippen molar-refractivity contribution >= 4 is 0 Å². The van der Waals surface area contributed by atoms with Gasteiger partial charge in [-0.05, 0) is 12.3 Å². The Morgan fingerprint density at radius 2 is 1.83 bits per heavy atom. The number of hydrogen-bond donors (Lipinski definition) is 0. The van der Waals surface area contributed by atoms with Crippen LogP contribution in [0.15, 0.2) is 24.3 Å². The second-order valence-corrected chi connectivity index (χ2v) is 4.30. The van der Waals surface area contributed by atoms with Gasteiger partial charge in [0.15, 0.2) is 0 Å². The van der Waals surface area contributed by atoms with Crippen LogP contribution in [0.5, 0.6) is 0 Å². The van der Waals surface area contributed by atoms with E-state index >= 15 is 0 Å². The SMILES string of the molecule is CC(C)CC12C=CCN1CC=C2. The highest BCUT2D eigenvalue weighted by Crippen LogP contribution is 2.34. The second-order valence-electron chi connectivity index (χ2n) is 4.30. The van der Waals surface area contributed by atoms with Crippen LogP contribution in [0.1, 0.15) is 20.3 Å². The fraction of sp³-hybridized carbons (Fsp3) is 0.636. The molecule has 1 nitrogen and oxygen atoms in total. The third kappa shape index (κ3) is 1.13. The maximum atomic E-state index is 2.53. The molecular weight excluding hydrogens is 146 g/mol. The Kier molecular flexibility index (Phi) is 1.84. The number of fused-ring (bicyclic) bond motifs is 1. The lowest BCUT2D eigenvalue weighted by atomic mass is 9.90. The minimum atomic E-state index is 0.300. The molecule has 0 unspecified atom stereocenters. The minimum absolute atomic E-state index is 0.300. The van der Waals surface area contributed by atoms with Crippen molar-refractivity contribution in [3.05, 3.63) is 24.3 Å². The Labute approximate surface area is 74.8 Å². The van der Waals surface area contributed by atoms with Crippen LogP contribution in [-0.2, 0) is 0 Å². The molecule has 0 fully saturated rings. The van der Waals surface area contributed by atoms with Gasteiger partial charge in [0.25, 0.3) is 0 Å². The van der Waals surface area contributed by atoms with Crippen LogP contribution in [0.4, 0.5) is 0 Å². The van der Waals surface area contributed by atoms with Gasteiger partial charge in [0.1, 0.15) is 0 Å². The molecule has 0 bridgehead atoms. The van der Waals surface area contributed by atoms with Crippen molar-refractivity contribution in [3.63, 3.8) is 0 Å². The third-order valence-corrected chi connectivity index (χ3v) is 2.79. The molecule has 0 N–H and O–H groups in total. The lowest BCUT2D eigenvalue weighted by molar-refractivity contribution is 0.219. The molecule has 0 aromatic heterocycles. The summed E-state index contributed by atoms with van der Waals surface area (Å²) in [6.45, 7) is 6.87. The fourth-order valence-corrected chi connectivity index (χ4v) is 2.37. The first kappa shape index (κ1) is 8.06. The molecule has 0 spiro atoms. The van der Waals surface area contributed by atoms with Crippen LogP contribution >= 0.6 is 0 Å². The van der Waals surface area contributed by atoms with Crippen LogP contribution in [0, 0.1) is 5.92 Å². The summed E-state index contributed by atoms with van der Waals surface area (Å²) >= 11 is 0. The van der Waals surface area contributed by atoms with E-state index in [0.29, 0.717) is 5.54 Å². The largest absolute Gasteiger partial charge is 0.283 e. The first-order valence-electron chi connectivity index (χ1n) is 4.83. The highest BCUT2D eigenvalue weighted by atomic mass is 15.2. The van der Waals surface area contributed by atoms with E-state index in [-0.39, 0.29) is 0 Å². The van der Waals surface area contributed by atoms with Gasteiger partial charge in [0.2, 0.25) is 0 Å². The van der Waals surface area contributed by atoms with E-state index in [0.717, 1.165) is 19.0 Å². The normalized spacial score (nSPS) is 25.6. The van der Waals surface area contributed by atoms with Gasteiger partial charge in [-0.15, -0.1) is 0 Å². The molecule has 1 heteroatoms. The van der Waals surface area contributed by atoms with Crippen molar-refractivity contribution in [1.82, 2.24) is 4.90 Å². The second kappa shape index (κ2) is 2.74. The van der Waals surface area contributed by atoms with Crippen LogP contribution < -0.4 is 0 Å². The molecule has 66 valence electrons. The molecule has 2 rings (SSSR count). The molecule has 2 aliphatic heterocycles. The summed E-state index contributed by atoms with van der Waals surface area (Å²) in [7, 11) is 0. The Morgan fingerprint density at radius 1 is 1.25 bits per heavy atom. The van der Waals surface area contributed by atoms with E-state index < -0.39 is 0 Å². The van der Waals surface area contributed by atoms with Gasteiger partial charge < -0.3 is 0 Å². The summed E-state index contributed by atoms with van der Waals surface area (Å²) in [6, 6.07) is 0. The predicted octanol–water partition coefficient (Wildman–Crippen LogP) is 2.21. The first-order valence-corrected chi connectivity index (χ1v) is 4.83. The van der Waals surface area contributed by atoms with E-state index in [9.17, 15) is 0 Å². The lowest BCUT2D eigenvalue weighted by Crippen LogP contribution is -2.39. The van der Waals surface area contributed by atoms with E-state index in [2.05, 4.69) is 43.1 Å². The van der Waals surface area contributed by atoms with E-state index in [1.54, 1.807) is 0 Å². The van der Waals surface area contributed by atoms with Crippen molar-refractivity contribution in [2.75, 3.05) is 13.1 Å². The summed E-state index contributed by atoms with van der Waals surface area (Å²) in [6.07, 6.45) is 10.6. The highest BCUT2D eigenvalue weighted by molar-refractivity contribution is 5.29. The monoisotopic (exact) mass is 163 g/mol. The van der Waals surface area contributed by atoms with Crippen molar-refractivity contribution in [2.24, 2.45) is 5.92 Å². The zero-order valence-corrected chi connectivity index (χ0v) is 7.96. The van der Waals surface area contributed by atoms with Gasteiger partial charge in [0.05, 0.1) is 5.54 Å². The van der Waals surface area contributed by atoms with Gasteiger partial charge in [-0.25, -0.2) is 0 Å². The molecule has 0 saturated heterocycles. The summed E-state index contributed by atoms with van der Waals surface area (Å²) in [5.41, 5.74) is 0.300. The van der Waals surface area contributed by atoms with Gasteiger partial charge in [-0.1, -0.05) is 38.2 Å². The van der Waals surface area contributed by atoms with Crippen LogP contribution in [-0.4, -0.2) is 23.5 Å². The van der Waals surface area contributed by atoms with Crippen LogP contribution in [0.3, 0.4) is 0 Å². The zero-order valence-electron chi connectivity index (χ0n) is 7.96. The average Bonchev–Trinajstić information content (AvgIpc) is 2.42. The van der Waals surface area contributed by atoms with Gasteiger partial charge in [-0.2, -0.15) is 0 Å². The van der Waals surface area contributed by atoms with Gasteiger partial charge in [-0.3, -0.25) is 4.90 Å². The highest BCUT2D eigenvalue weighted by Gasteiger charge is 2.37. The lowest BCUT2D eigenvalue weighted by Gasteiger charge is -2.32. The predicted molar refractivity (Wildman–Crippen MR) is 52.0 cm³/mol. The van der Waals surface area contributed by atoms with Gasteiger partial charge in [0, 0.05) is 13.1 Å².